The van der Waals surface area contributed by atoms with E-state index in [2.05, 4.69) is 13.8 Å². The van der Waals surface area contributed by atoms with Gasteiger partial charge >= 0.3 is 7.12 Å². The highest BCUT2D eigenvalue weighted by atomic mass is 32.1. The Morgan fingerprint density at radius 3 is 2.77 bits per heavy atom. The van der Waals surface area contributed by atoms with Crippen molar-refractivity contribution in [1.82, 2.24) is 0 Å². The zero-order valence-electron chi connectivity index (χ0n) is 8.11. The molecule has 0 N–H and O–H groups in total. The summed E-state index contributed by atoms with van der Waals surface area (Å²) >= 11 is 1.67. The van der Waals surface area contributed by atoms with Crippen LogP contribution in [0, 0.1) is 0 Å². The maximum atomic E-state index is 5.79. The predicted octanol–water partition coefficient (Wildman–Crippen LogP) is 1.66. The van der Waals surface area contributed by atoms with Gasteiger partial charge in [-0.25, -0.2) is 0 Å². The van der Waals surface area contributed by atoms with Crippen LogP contribution in [-0.2, 0) is 9.31 Å². The molecule has 1 aromatic heterocycles. The van der Waals surface area contributed by atoms with Crippen molar-refractivity contribution in [3.63, 3.8) is 0 Å². The highest BCUT2D eigenvalue weighted by Gasteiger charge is 2.44. The topological polar surface area (TPSA) is 18.5 Å². The molecule has 0 aromatic carbocycles. The van der Waals surface area contributed by atoms with E-state index in [0.29, 0.717) is 0 Å². The van der Waals surface area contributed by atoms with E-state index >= 15 is 0 Å². The van der Waals surface area contributed by atoms with E-state index in [0.717, 1.165) is 4.78 Å². The number of thiophene rings is 1. The molecular formula is C9H13BO2S. The van der Waals surface area contributed by atoms with Crippen molar-refractivity contribution in [2.75, 3.05) is 0 Å². The average Bonchev–Trinajstić information content (AvgIpc) is 2.60. The predicted molar refractivity (Wildman–Crippen MR) is 55.4 cm³/mol. The lowest BCUT2D eigenvalue weighted by atomic mass is 9.88. The van der Waals surface area contributed by atoms with Gasteiger partial charge in [0, 0.05) is 4.78 Å². The van der Waals surface area contributed by atoms with Crippen molar-refractivity contribution in [1.29, 1.82) is 0 Å². The summed E-state index contributed by atoms with van der Waals surface area (Å²) in [6.45, 7) is 6.17. The van der Waals surface area contributed by atoms with Gasteiger partial charge in [-0.05, 0) is 26.2 Å². The molecule has 2 nitrogen and oxygen atoms in total. The second-order valence-corrected chi connectivity index (χ2v) is 4.83. The van der Waals surface area contributed by atoms with Crippen LogP contribution in [0.2, 0.25) is 0 Å². The summed E-state index contributed by atoms with van der Waals surface area (Å²) in [6, 6.07) is 4.06. The van der Waals surface area contributed by atoms with E-state index < -0.39 is 0 Å². The van der Waals surface area contributed by atoms with Crippen molar-refractivity contribution in [2.24, 2.45) is 0 Å². The van der Waals surface area contributed by atoms with E-state index in [1.165, 1.54) is 0 Å². The molecule has 1 unspecified atom stereocenters. The monoisotopic (exact) mass is 196 g/mol. The van der Waals surface area contributed by atoms with E-state index in [9.17, 15) is 0 Å². The molecule has 13 heavy (non-hydrogen) atoms. The third-order valence-corrected chi connectivity index (χ3v) is 3.39. The van der Waals surface area contributed by atoms with E-state index in [1.54, 1.807) is 11.3 Å². The number of hydrogen-bond acceptors (Lipinski definition) is 3. The van der Waals surface area contributed by atoms with E-state index in [4.69, 9.17) is 9.31 Å². The SMILES string of the molecule is CC1OB(c2cccs2)OC1(C)C. The molecule has 1 atom stereocenters. The van der Waals surface area contributed by atoms with Crippen molar-refractivity contribution in [3.05, 3.63) is 17.5 Å². The summed E-state index contributed by atoms with van der Waals surface area (Å²) < 4.78 is 12.7. The first kappa shape index (κ1) is 9.25. The molecule has 1 aliphatic rings. The molecule has 2 heterocycles. The van der Waals surface area contributed by atoms with E-state index in [-0.39, 0.29) is 18.8 Å². The Morgan fingerprint density at radius 2 is 2.31 bits per heavy atom. The molecule has 0 saturated carbocycles. The van der Waals surface area contributed by atoms with Crippen molar-refractivity contribution in [3.8, 4) is 0 Å². The van der Waals surface area contributed by atoms with Crippen LogP contribution >= 0.6 is 11.3 Å². The highest BCUT2D eigenvalue weighted by Crippen LogP contribution is 2.27. The standard InChI is InChI=1S/C9H13BO2S/c1-7-9(2,3)12-10(11-7)8-5-4-6-13-8/h4-7H,1-3H3. The quantitative estimate of drug-likeness (QED) is 0.636. The molecule has 0 bridgehead atoms. The maximum Gasteiger partial charge on any atom is 0.505 e. The van der Waals surface area contributed by atoms with Gasteiger partial charge in [-0.15, -0.1) is 0 Å². The molecule has 0 amide bonds. The molecule has 1 aromatic rings. The normalized spacial score (nSPS) is 26.7. The molecule has 0 spiro atoms. The minimum atomic E-state index is -0.172. The van der Waals surface area contributed by atoms with Gasteiger partial charge in [0.1, 0.15) is 0 Å². The van der Waals surface area contributed by atoms with Crippen LogP contribution in [0.3, 0.4) is 0 Å². The van der Waals surface area contributed by atoms with Crippen LogP contribution in [0.1, 0.15) is 20.8 Å². The Kier molecular flexibility index (Phi) is 2.22. The van der Waals surface area contributed by atoms with Gasteiger partial charge in [0.15, 0.2) is 0 Å². The summed E-state index contributed by atoms with van der Waals surface area (Å²) in [7, 11) is -0.162. The van der Waals surface area contributed by atoms with Crippen LogP contribution < -0.4 is 4.78 Å². The first-order chi connectivity index (χ1) is 6.09. The third-order valence-electron chi connectivity index (χ3n) is 2.49. The van der Waals surface area contributed by atoms with Crippen LogP contribution in [0.4, 0.5) is 0 Å². The lowest BCUT2D eigenvalue weighted by Crippen LogP contribution is -2.33. The van der Waals surface area contributed by atoms with Crippen LogP contribution in [-0.4, -0.2) is 18.8 Å². The molecule has 4 heteroatoms. The summed E-state index contributed by atoms with van der Waals surface area (Å²) in [6.07, 6.45) is 0.152. The summed E-state index contributed by atoms with van der Waals surface area (Å²) in [5.74, 6) is 0. The molecule has 0 radical (unpaired) electrons. The second kappa shape index (κ2) is 3.12. The van der Waals surface area contributed by atoms with Gasteiger partial charge in [0.25, 0.3) is 0 Å². The second-order valence-electron chi connectivity index (χ2n) is 3.85. The van der Waals surface area contributed by atoms with Gasteiger partial charge in [-0.2, -0.15) is 11.3 Å². The molecule has 2 rings (SSSR count). The fourth-order valence-electron chi connectivity index (χ4n) is 1.30. The van der Waals surface area contributed by atoms with Gasteiger partial charge in [0.05, 0.1) is 11.7 Å². The lowest BCUT2D eigenvalue weighted by Gasteiger charge is -2.21. The summed E-state index contributed by atoms with van der Waals surface area (Å²) in [4.78, 5) is 0. The lowest BCUT2D eigenvalue weighted by molar-refractivity contribution is 0.0842. The first-order valence-electron chi connectivity index (χ1n) is 4.46. The summed E-state index contributed by atoms with van der Waals surface area (Å²) in [5.41, 5.74) is -0.172. The van der Waals surface area contributed by atoms with Gasteiger partial charge in [0.2, 0.25) is 0 Å². The first-order valence-corrected chi connectivity index (χ1v) is 5.34. The maximum absolute atomic E-state index is 5.79. The average molecular weight is 196 g/mol. The fraction of sp³-hybridized carbons (Fsp3) is 0.556. The Balaban J connectivity index is 2.15. The minimum absolute atomic E-state index is 0.152. The van der Waals surface area contributed by atoms with Gasteiger partial charge < -0.3 is 9.31 Å². The molecule has 1 aliphatic heterocycles. The Bertz CT molecular complexity index is 284. The van der Waals surface area contributed by atoms with Gasteiger partial charge in [-0.3, -0.25) is 0 Å². The van der Waals surface area contributed by atoms with Crippen LogP contribution in [0.15, 0.2) is 17.5 Å². The van der Waals surface area contributed by atoms with Gasteiger partial charge in [-0.1, -0.05) is 12.1 Å². The minimum Gasteiger partial charge on any atom is -0.401 e. The molecular weight excluding hydrogens is 183 g/mol. The fourth-order valence-corrected chi connectivity index (χ4v) is 1.99. The van der Waals surface area contributed by atoms with E-state index in [1.807, 2.05) is 24.4 Å². The van der Waals surface area contributed by atoms with Crippen LogP contribution in [0.5, 0.6) is 0 Å². The third kappa shape index (κ3) is 1.66. The molecule has 70 valence electrons. The Morgan fingerprint density at radius 1 is 1.54 bits per heavy atom. The largest absolute Gasteiger partial charge is 0.505 e. The highest BCUT2D eigenvalue weighted by molar-refractivity contribution is 7.20. The zero-order valence-corrected chi connectivity index (χ0v) is 8.93. The molecule has 1 fully saturated rings. The number of hydrogen-bond donors (Lipinski definition) is 0. The Labute approximate surface area is 83.0 Å². The van der Waals surface area contributed by atoms with Crippen molar-refractivity contribution >= 4 is 23.2 Å². The summed E-state index contributed by atoms with van der Waals surface area (Å²) in [5, 5.41) is 2.04. The smallest absolute Gasteiger partial charge is 0.401 e. The van der Waals surface area contributed by atoms with Crippen molar-refractivity contribution < 1.29 is 9.31 Å². The van der Waals surface area contributed by atoms with Crippen LogP contribution in [0.25, 0.3) is 0 Å². The Hall–Kier alpha value is -0.315. The van der Waals surface area contributed by atoms with Crippen molar-refractivity contribution in [2.45, 2.75) is 32.5 Å². The molecule has 1 saturated heterocycles. The molecule has 0 aliphatic carbocycles. The number of rotatable bonds is 1. The zero-order chi connectivity index (χ0) is 9.47.